The normalized spacial score (nSPS) is 10.4. The van der Waals surface area contributed by atoms with E-state index in [0.717, 1.165) is 11.4 Å². The lowest BCUT2D eigenvalue weighted by atomic mass is 10.2. The van der Waals surface area contributed by atoms with Gasteiger partial charge in [-0.05, 0) is 36.4 Å². The van der Waals surface area contributed by atoms with Gasteiger partial charge in [0.25, 0.3) is 5.91 Å². The Morgan fingerprint density at radius 2 is 1.85 bits per heavy atom. The fourth-order valence-electron chi connectivity index (χ4n) is 2.45. The van der Waals surface area contributed by atoms with Gasteiger partial charge in [0.2, 0.25) is 0 Å². The Balaban J connectivity index is 1.47. The number of amides is 1. The molecule has 7 nitrogen and oxygen atoms in total. The lowest BCUT2D eigenvalue weighted by Gasteiger charge is -2.13. The zero-order valence-corrected chi connectivity index (χ0v) is 14.9. The maximum absolute atomic E-state index is 12.2. The number of aromatic nitrogens is 3. The lowest BCUT2D eigenvalue weighted by Crippen LogP contribution is -2.29. The molecule has 2 heterocycles. The second-order valence-corrected chi connectivity index (χ2v) is 6.01. The molecular formula is C19H22N6O. The van der Waals surface area contributed by atoms with E-state index in [1.165, 1.54) is 0 Å². The number of hydrogen-bond donors (Lipinski definition) is 2. The monoisotopic (exact) mass is 350 g/mol. The Bertz CT molecular complexity index is 843. The molecule has 0 unspecified atom stereocenters. The summed E-state index contributed by atoms with van der Waals surface area (Å²) in [4.78, 5) is 14.2. The fourth-order valence-corrected chi connectivity index (χ4v) is 2.45. The number of carbonyl (C=O) groups excluding carboxylic acids is 1. The summed E-state index contributed by atoms with van der Waals surface area (Å²) in [7, 11) is 3.89. The van der Waals surface area contributed by atoms with E-state index in [2.05, 4.69) is 20.8 Å². The van der Waals surface area contributed by atoms with Gasteiger partial charge in [0.1, 0.15) is 0 Å². The van der Waals surface area contributed by atoms with Crippen LogP contribution >= 0.6 is 0 Å². The van der Waals surface area contributed by atoms with Crippen LogP contribution < -0.4 is 15.5 Å². The maximum atomic E-state index is 12.2. The number of rotatable bonds is 7. The molecule has 2 N–H and O–H groups in total. The molecule has 7 heteroatoms. The van der Waals surface area contributed by atoms with Crippen molar-refractivity contribution in [1.82, 2.24) is 20.1 Å². The van der Waals surface area contributed by atoms with Gasteiger partial charge in [-0.15, -0.1) is 5.10 Å². The van der Waals surface area contributed by atoms with Crippen LogP contribution in [0.1, 0.15) is 10.4 Å². The van der Waals surface area contributed by atoms with Gasteiger partial charge in [0, 0.05) is 56.9 Å². The number of nitrogens with zero attached hydrogens (tertiary/aromatic N) is 4. The third-order valence-electron chi connectivity index (χ3n) is 3.91. The van der Waals surface area contributed by atoms with E-state index in [4.69, 9.17) is 0 Å². The molecule has 26 heavy (non-hydrogen) atoms. The maximum Gasteiger partial charge on any atom is 0.251 e. The van der Waals surface area contributed by atoms with Crippen molar-refractivity contribution in [3.8, 4) is 5.69 Å². The number of nitrogens with one attached hydrogen (secondary N) is 2. The first kappa shape index (κ1) is 17.5. The van der Waals surface area contributed by atoms with Gasteiger partial charge in [-0.3, -0.25) is 4.79 Å². The largest absolute Gasteiger partial charge is 0.376 e. The van der Waals surface area contributed by atoms with Crippen LogP contribution in [0.5, 0.6) is 0 Å². The minimum Gasteiger partial charge on any atom is -0.376 e. The fraction of sp³-hybridized carbons (Fsp3) is 0.211. The van der Waals surface area contributed by atoms with E-state index in [-0.39, 0.29) is 5.91 Å². The molecule has 0 aliphatic heterocycles. The number of anilines is 2. The minimum absolute atomic E-state index is 0.0982. The van der Waals surface area contributed by atoms with Gasteiger partial charge in [-0.25, -0.2) is 0 Å². The van der Waals surface area contributed by atoms with E-state index in [0.29, 0.717) is 24.5 Å². The summed E-state index contributed by atoms with van der Waals surface area (Å²) in [5.74, 6) is 0.584. The SMILES string of the molecule is CN(C)c1cnnc(NCCNC(=O)c2ccc(-n3cccc3)cc2)c1. The molecule has 0 radical (unpaired) electrons. The van der Waals surface area contributed by atoms with E-state index >= 15 is 0 Å². The molecule has 1 amide bonds. The van der Waals surface area contributed by atoms with Gasteiger partial charge in [-0.2, -0.15) is 5.10 Å². The van der Waals surface area contributed by atoms with Crippen LogP contribution in [-0.2, 0) is 0 Å². The van der Waals surface area contributed by atoms with E-state index in [1.54, 1.807) is 6.20 Å². The molecule has 0 atom stereocenters. The predicted molar refractivity (Wildman–Crippen MR) is 103 cm³/mol. The number of hydrogen-bond acceptors (Lipinski definition) is 5. The highest BCUT2D eigenvalue weighted by molar-refractivity contribution is 5.94. The number of carbonyl (C=O) groups is 1. The highest BCUT2D eigenvalue weighted by Gasteiger charge is 2.05. The van der Waals surface area contributed by atoms with Crippen molar-refractivity contribution in [2.45, 2.75) is 0 Å². The first-order chi connectivity index (χ1) is 12.6. The van der Waals surface area contributed by atoms with Crippen molar-refractivity contribution in [1.29, 1.82) is 0 Å². The summed E-state index contributed by atoms with van der Waals surface area (Å²) in [5, 5.41) is 14.0. The Labute approximate surface area is 152 Å². The van der Waals surface area contributed by atoms with Crippen LogP contribution in [0, 0.1) is 0 Å². The molecule has 0 saturated heterocycles. The summed E-state index contributed by atoms with van der Waals surface area (Å²) in [6.45, 7) is 1.06. The highest BCUT2D eigenvalue weighted by atomic mass is 16.1. The van der Waals surface area contributed by atoms with E-state index in [9.17, 15) is 4.79 Å². The van der Waals surface area contributed by atoms with Gasteiger partial charge < -0.3 is 20.1 Å². The van der Waals surface area contributed by atoms with Crippen LogP contribution in [0.15, 0.2) is 61.1 Å². The third kappa shape index (κ3) is 4.38. The van der Waals surface area contributed by atoms with Crippen LogP contribution in [0.25, 0.3) is 5.69 Å². The molecule has 3 aromatic rings. The van der Waals surface area contributed by atoms with Crippen LogP contribution in [0.3, 0.4) is 0 Å². The zero-order chi connectivity index (χ0) is 18.4. The molecule has 0 aliphatic carbocycles. The Morgan fingerprint density at radius 1 is 1.12 bits per heavy atom. The second kappa shape index (κ2) is 8.15. The standard InChI is InChI=1S/C19H22N6O/c1-24(2)17-13-18(23-22-14-17)20-9-10-21-19(26)15-5-7-16(8-6-15)25-11-3-4-12-25/h3-8,11-14H,9-10H2,1-2H3,(H,20,23)(H,21,26). The average Bonchev–Trinajstić information content (AvgIpc) is 3.20. The van der Waals surface area contributed by atoms with Crippen molar-refractivity contribution >= 4 is 17.4 Å². The van der Waals surface area contributed by atoms with Crippen molar-refractivity contribution in [2.24, 2.45) is 0 Å². The van der Waals surface area contributed by atoms with Crippen molar-refractivity contribution in [2.75, 3.05) is 37.4 Å². The van der Waals surface area contributed by atoms with Crippen molar-refractivity contribution in [3.63, 3.8) is 0 Å². The molecule has 0 saturated carbocycles. The van der Waals surface area contributed by atoms with Crippen molar-refractivity contribution in [3.05, 3.63) is 66.6 Å². The van der Waals surface area contributed by atoms with Crippen LogP contribution in [-0.4, -0.2) is 47.9 Å². The third-order valence-corrected chi connectivity index (χ3v) is 3.91. The average molecular weight is 350 g/mol. The summed E-state index contributed by atoms with van der Waals surface area (Å²) in [6, 6.07) is 13.3. The van der Waals surface area contributed by atoms with Gasteiger partial charge in [-0.1, -0.05) is 0 Å². The predicted octanol–water partition coefficient (Wildman–Crippen LogP) is 2.18. The Kier molecular flexibility index (Phi) is 5.48. The highest BCUT2D eigenvalue weighted by Crippen LogP contribution is 2.12. The molecule has 134 valence electrons. The minimum atomic E-state index is -0.0982. The molecule has 0 aliphatic rings. The smallest absolute Gasteiger partial charge is 0.251 e. The van der Waals surface area contributed by atoms with Gasteiger partial charge in [0.15, 0.2) is 5.82 Å². The molecule has 2 aromatic heterocycles. The summed E-state index contributed by atoms with van der Waals surface area (Å²) >= 11 is 0. The summed E-state index contributed by atoms with van der Waals surface area (Å²) in [6.07, 6.45) is 5.63. The molecule has 0 fully saturated rings. The van der Waals surface area contributed by atoms with Crippen molar-refractivity contribution < 1.29 is 4.79 Å². The number of benzene rings is 1. The van der Waals surface area contributed by atoms with Gasteiger partial charge in [0.05, 0.1) is 11.9 Å². The molecule has 0 bridgehead atoms. The Hall–Kier alpha value is -3.35. The first-order valence-corrected chi connectivity index (χ1v) is 8.39. The van der Waals surface area contributed by atoms with Gasteiger partial charge >= 0.3 is 0 Å². The molecule has 3 rings (SSSR count). The molecular weight excluding hydrogens is 328 g/mol. The Morgan fingerprint density at radius 3 is 2.54 bits per heavy atom. The van der Waals surface area contributed by atoms with E-state index in [1.807, 2.05) is 78.4 Å². The van der Waals surface area contributed by atoms with Crippen LogP contribution in [0.4, 0.5) is 11.5 Å². The topological polar surface area (TPSA) is 75.1 Å². The first-order valence-electron chi connectivity index (χ1n) is 8.39. The quantitative estimate of drug-likeness (QED) is 0.639. The second-order valence-electron chi connectivity index (χ2n) is 6.01. The van der Waals surface area contributed by atoms with E-state index < -0.39 is 0 Å². The summed E-state index contributed by atoms with van der Waals surface area (Å²) in [5.41, 5.74) is 2.62. The lowest BCUT2D eigenvalue weighted by molar-refractivity contribution is 0.0955. The molecule has 1 aromatic carbocycles. The summed E-state index contributed by atoms with van der Waals surface area (Å²) < 4.78 is 1.99. The zero-order valence-electron chi connectivity index (χ0n) is 14.9. The molecule has 0 spiro atoms. The van der Waals surface area contributed by atoms with Crippen LogP contribution in [0.2, 0.25) is 0 Å².